The molecule has 29 heavy (non-hydrogen) atoms. The molecule has 4 aromatic rings. The molecule has 1 amide bonds. The van der Waals surface area contributed by atoms with Gasteiger partial charge in [-0.15, -0.1) is 10.2 Å². The molecule has 2 aromatic carbocycles. The molecule has 0 saturated heterocycles. The predicted octanol–water partition coefficient (Wildman–Crippen LogP) is 3.32. The number of benzene rings is 2. The van der Waals surface area contributed by atoms with Gasteiger partial charge in [0, 0.05) is 29.1 Å². The minimum Gasteiger partial charge on any atom is -0.481 e. The third-order valence-corrected chi connectivity index (χ3v) is 4.40. The molecule has 146 valence electrons. The van der Waals surface area contributed by atoms with E-state index in [0.717, 1.165) is 22.2 Å². The molecule has 0 aliphatic carbocycles. The third kappa shape index (κ3) is 4.55. The number of ether oxygens (including phenoxy) is 1. The Bertz CT molecular complexity index is 1130. The lowest BCUT2D eigenvalue weighted by Gasteiger charge is -2.07. The quantitative estimate of drug-likeness (QED) is 0.522. The zero-order chi connectivity index (χ0) is 20.1. The molecule has 2 aromatic heterocycles. The van der Waals surface area contributed by atoms with Crippen molar-refractivity contribution in [2.24, 2.45) is 0 Å². The van der Waals surface area contributed by atoms with Gasteiger partial charge in [0.25, 0.3) is 0 Å². The standard InChI is InChI=1S/C21H20N6O2/c1-29-20-12-9-16-14-17(10-11-18(16)23-20)22-19(28)8-5-13-27-25-21(24-26-27)15-6-3-2-4-7-15/h2-4,6-7,9-12,14H,5,8,13H2,1H3,(H,22,28). The summed E-state index contributed by atoms with van der Waals surface area (Å²) in [5.74, 6) is 1.08. The highest BCUT2D eigenvalue weighted by atomic mass is 16.5. The Labute approximate surface area is 167 Å². The van der Waals surface area contributed by atoms with Crippen molar-refractivity contribution in [3.8, 4) is 17.3 Å². The molecule has 8 heteroatoms. The number of aryl methyl sites for hydroxylation is 1. The van der Waals surface area contributed by atoms with Crippen LogP contribution in [0.5, 0.6) is 5.88 Å². The first-order chi connectivity index (χ1) is 14.2. The van der Waals surface area contributed by atoms with E-state index in [4.69, 9.17) is 4.74 Å². The number of hydrogen-bond donors (Lipinski definition) is 1. The Morgan fingerprint density at radius 1 is 1.10 bits per heavy atom. The molecule has 0 radical (unpaired) electrons. The van der Waals surface area contributed by atoms with Crippen molar-refractivity contribution in [1.82, 2.24) is 25.2 Å². The molecule has 4 rings (SSSR count). The van der Waals surface area contributed by atoms with Gasteiger partial charge < -0.3 is 10.1 Å². The second-order valence-corrected chi connectivity index (χ2v) is 6.49. The number of anilines is 1. The average Bonchev–Trinajstić information content (AvgIpc) is 3.23. The minimum absolute atomic E-state index is 0.0609. The summed E-state index contributed by atoms with van der Waals surface area (Å²) < 4.78 is 5.13. The fourth-order valence-electron chi connectivity index (χ4n) is 2.94. The summed E-state index contributed by atoms with van der Waals surface area (Å²) in [4.78, 5) is 18.1. The number of methoxy groups -OCH3 is 1. The predicted molar refractivity (Wildman–Crippen MR) is 109 cm³/mol. The Morgan fingerprint density at radius 2 is 1.97 bits per heavy atom. The van der Waals surface area contributed by atoms with Gasteiger partial charge in [-0.1, -0.05) is 30.3 Å². The molecular formula is C21H20N6O2. The maximum Gasteiger partial charge on any atom is 0.224 e. The summed E-state index contributed by atoms with van der Waals surface area (Å²) >= 11 is 0. The molecule has 1 N–H and O–H groups in total. The maximum absolute atomic E-state index is 12.3. The van der Waals surface area contributed by atoms with E-state index in [1.807, 2.05) is 54.6 Å². The topological polar surface area (TPSA) is 94.8 Å². The van der Waals surface area contributed by atoms with Crippen LogP contribution >= 0.6 is 0 Å². The summed E-state index contributed by atoms with van der Waals surface area (Å²) in [5, 5.41) is 16.3. The van der Waals surface area contributed by atoms with E-state index in [-0.39, 0.29) is 5.91 Å². The fourth-order valence-corrected chi connectivity index (χ4v) is 2.94. The highest BCUT2D eigenvalue weighted by molar-refractivity contribution is 5.93. The first-order valence-corrected chi connectivity index (χ1v) is 9.29. The normalized spacial score (nSPS) is 10.8. The van der Waals surface area contributed by atoms with Crippen LogP contribution in [0.1, 0.15) is 12.8 Å². The first-order valence-electron chi connectivity index (χ1n) is 9.29. The number of fused-ring (bicyclic) bond motifs is 1. The number of pyridine rings is 1. The number of carbonyl (C=O) groups is 1. The van der Waals surface area contributed by atoms with Gasteiger partial charge in [-0.3, -0.25) is 4.79 Å². The Morgan fingerprint density at radius 3 is 2.79 bits per heavy atom. The van der Waals surface area contributed by atoms with Gasteiger partial charge in [0.05, 0.1) is 19.2 Å². The van der Waals surface area contributed by atoms with Crippen molar-refractivity contribution in [2.75, 3.05) is 12.4 Å². The number of carbonyl (C=O) groups excluding carboxylic acids is 1. The van der Waals surface area contributed by atoms with Crippen LogP contribution in [-0.4, -0.2) is 38.2 Å². The summed E-state index contributed by atoms with van der Waals surface area (Å²) in [7, 11) is 1.58. The van der Waals surface area contributed by atoms with Crippen molar-refractivity contribution in [2.45, 2.75) is 19.4 Å². The number of hydrogen-bond acceptors (Lipinski definition) is 6. The van der Waals surface area contributed by atoms with E-state index in [0.29, 0.717) is 31.1 Å². The van der Waals surface area contributed by atoms with Gasteiger partial charge in [0.2, 0.25) is 17.6 Å². The lowest BCUT2D eigenvalue weighted by Crippen LogP contribution is -2.13. The fraction of sp³-hybridized carbons (Fsp3) is 0.190. The number of aromatic nitrogens is 5. The molecule has 2 heterocycles. The van der Waals surface area contributed by atoms with Crippen LogP contribution in [-0.2, 0) is 11.3 Å². The number of rotatable bonds is 7. The number of nitrogens with zero attached hydrogens (tertiary/aromatic N) is 5. The second kappa shape index (κ2) is 8.47. The van der Waals surface area contributed by atoms with Crippen LogP contribution < -0.4 is 10.1 Å². The zero-order valence-corrected chi connectivity index (χ0v) is 15.9. The van der Waals surface area contributed by atoms with E-state index in [9.17, 15) is 4.79 Å². The highest BCUT2D eigenvalue weighted by Crippen LogP contribution is 2.20. The smallest absolute Gasteiger partial charge is 0.224 e. The van der Waals surface area contributed by atoms with Gasteiger partial charge in [0.1, 0.15) is 0 Å². The van der Waals surface area contributed by atoms with Gasteiger partial charge in [-0.25, -0.2) is 4.98 Å². The monoisotopic (exact) mass is 388 g/mol. The van der Waals surface area contributed by atoms with Crippen LogP contribution in [0.15, 0.2) is 60.7 Å². The molecule has 0 atom stereocenters. The van der Waals surface area contributed by atoms with Crippen LogP contribution in [0.4, 0.5) is 5.69 Å². The summed E-state index contributed by atoms with van der Waals surface area (Å²) in [5.41, 5.74) is 2.47. The number of nitrogens with one attached hydrogen (secondary N) is 1. The molecule has 0 aliphatic heterocycles. The number of tetrazole rings is 1. The van der Waals surface area contributed by atoms with Gasteiger partial charge in [0.15, 0.2) is 0 Å². The third-order valence-electron chi connectivity index (χ3n) is 4.40. The Balaban J connectivity index is 1.30. The van der Waals surface area contributed by atoms with E-state index < -0.39 is 0 Å². The van der Waals surface area contributed by atoms with E-state index in [1.165, 1.54) is 4.80 Å². The van der Waals surface area contributed by atoms with Crippen molar-refractivity contribution in [1.29, 1.82) is 0 Å². The lowest BCUT2D eigenvalue weighted by atomic mass is 10.2. The molecule has 0 unspecified atom stereocenters. The average molecular weight is 388 g/mol. The molecule has 8 nitrogen and oxygen atoms in total. The van der Waals surface area contributed by atoms with Gasteiger partial charge >= 0.3 is 0 Å². The largest absolute Gasteiger partial charge is 0.481 e. The molecular weight excluding hydrogens is 368 g/mol. The summed E-state index contributed by atoms with van der Waals surface area (Å²) in [6.45, 7) is 0.523. The van der Waals surface area contributed by atoms with Gasteiger partial charge in [-0.05, 0) is 35.9 Å². The van der Waals surface area contributed by atoms with Crippen LogP contribution in [0.3, 0.4) is 0 Å². The van der Waals surface area contributed by atoms with Crippen molar-refractivity contribution >= 4 is 22.5 Å². The maximum atomic E-state index is 12.3. The highest BCUT2D eigenvalue weighted by Gasteiger charge is 2.08. The SMILES string of the molecule is COc1ccc2cc(NC(=O)CCCn3nnc(-c4ccccc4)n3)ccc2n1. The molecule has 0 aliphatic rings. The lowest BCUT2D eigenvalue weighted by molar-refractivity contribution is -0.116. The van der Waals surface area contributed by atoms with Crippen LogP contribution in [0, 0.1) is 0 Å². The van der Waals surface area contributed by atoms with E-state index in [1.54, 1.807) is 13.2 Å². The zero-order valence-electron chi connectivity index (χ0n) is 15.9. The molecule has 0 saturated carbocycles. The number of amides is 1. The van der Waals surface area contributed by atoms with Crippen molar-refractivity contribution in [3.05, 3.63) is 60.7 Å². The summed E-state index contributed by atoms with van der Waals surface area (Å²) in [6.07, 6.45) is 0.976. The first kappa shape index (κ1) is 18.5. The van der Waals surface area contributed by atoms with Crippen LogP contribution in [0.2, 0.25) is 0 Å². The van der Waals surface area contributed by atoms with Crippen molar-refractivity contribution in [3.63, 3.8) is 0 Å². The molecule has 0 spiro atoms. The van der Waals surface area contributed by atoms with Crippen molar-refractivity contribution < 1.29 is 9.53 Å². The summed E-state index contributed by atoms with van der Waals surface area (Å²) in [6, 6.07) is 19.0. The van der Waals surface area contributed by atoms with E-state index >= 15 is 0 Å². The Kier molecular flexibility index (Phi) is 5.42. The molecule has 0 fully saturated rings. The Hall–Kier alpha value is -3.81. The minimum atomic E-state index is -0.0609. The van der Waals surface area contributed by atoms with Crippen LogP contribution in [0.25, 0.3) is 22.3 Å². The molecule has 0 bridgehead atoms. The second-order valence-electron chi connectivity index (χ2n) is 6.49. The van der Waals surface area contributed by atoms with E-state index in [2.05, 4.69) is 25.7 Å². The van der Waals surface area contributed by atoms with Gasteiger partial charge in [-0.2, -0.15) is 4.80 Å².